The molecule has 0 aliphatic carbocycles. The fourth-order valence-electron chi connectivity index (χ4n) is 4.35. The highest BCUT2D eigenvalue weighted by molar-refractivity contribution is 5.81. The number of H-pyrrole nitrogens is 1. The number of nitrogens with zero attached hydrogens (tertiary/aromatic N) is 3. The lowest BCUT2D eigenvalue weighted by Crippen LogP contribution is -2.22. The monoisotopic (exact) mass is 512 g/mol. The first kappa shape index (κ1) is 25.8. The van der Waals surface area contributed by atoms with Crippen molar-refractivity contribution >= 4 is 10.9 Å². The summed E-state index contributed by atoms with van der Waals surface area (Å²) < 4.78 is 12.8. The van der Waals surface area contributed by atoms with Crippen molar-refractivity contribution in [2.45, 2.75) is 25.0 Å². The van der Waals surface area contributed by atoms with Crippen LogP contribution in [-0.2, 0) is 22.3 Å². The Morgan fingerprint density at radius 3 is 2.26 bits per heavy atom. The van der Waals surface area contributed by atoms with Crippen LogP contribution in [0, 0.1) is 0 Å². The minimum atomic E-state index is -0.697. The number of rotatable bonds is 13. The Hall–Kier alpha value is -3.82. The van der Waals surface area contributed by atoms with E-state index in [1.165, 1.54) is 5.56 Å². The summed E-state index contributed by atoms with van der Waals surface area (Å²) in [7, 11) is 0. The minimum absolute atomic E-state index is 0.168. The van der Waals surface area contributed by atoms with Gasteiger partial charge in [0, 0.05) is 29.9 Å². The van der Waals surface area contributed by atoms with Crippen LogP contribution in [0.5, 0.6) is 0 Å². The van der Waals surface area contributed by atoms with Gasteiger partial charge in [0.25, 0.3) is 0 Å². The quantitative estimate of drug-likeness (QED) is 0.206. The van der Waals surface area contributed by atoms with Gasteiger partial charge in [-0.15, -0.1) is 5.10 Å². The van der Waals surface area contributed by atoms with Crippen molar-refractivity contribution in [2.24, 2.45) is 0 Å². The van der Waals surface area contributed by atoms with E-state index in [0.717, 1.165) is 27.7 Å². The van der Waals surface area contributed by atoms with Gasteiger partial charge in [-0.1, -0.05) is 59.8 Å². The second kappa shape index (κ2) is 12.6. The third-order valence-corrected chi connectivity index (χ3v) is 6.31. The van der Waals surface area contributed by atoms with Gasteiger partial charge in [-0.2, -0.15) is 0 Å². The van der Waals surface area contributed by atoms with Gasteiger partial charge in [0.15, 0.2) is 0 Å². The average Bonchev–Trinajstić information content (AvgIpc) is 3.61. The molecular weight excluding hydrogens is 480 g/mol. The first-order chi connectivity index (χ1) is 18.6. The Kier molecular flexibility index (Phi) is 8.57. The van der Waals surface area contributed by atoms with Crippen LogP contribution in [0.3, 0.4) is 0 Å². The predicted molar refractivity (Wildman–Crippen MR) is 146 cm³/mol. The molecule has 0 saturated carbocycles. The molecule has 0 amide bonds. The Bertz CT molecular complexity index is 1420. The van der Waals surface area contributed by atoms with Crippen molar-refractivity contribution < 1.29 is 19.7 Å². The van der Waals surface area contributed by atoms with Crippen LogP contribution in [0.25, 0.3) is 27.7 Å². The highest BCUT2D eigenvalue weighted by Crippen LogP contribution is 2.20. The molecule has 0 aliphatic heterocycles. The standard InChI is InChI=1S/C30H32N4O4/c35-28(16-22-6-8-24(9-7-22)23-4-2-1-3-5-23)20-37-14-15-38-21-29(36)18-26-19-34(33-32-26)27-10-11-30-25(17-27)12-13-31-30/h1-13,17,19,28-29,31,35-36H,14-16,18,20-21H2/t28-,29-/m0/s1. The van der Waals surface area contributed by atoms with E-state index in [1.54, 1.807) is 4.68 Å². The fourth-order valence-corrected chi connectivity index (χ4v) is 4.35. The van der Waals surface area contributed by atoms with Gasteiger partial charge in [-0.05, 0) is 41.0 Å². The van der Waals surface area contributed by atoms with E-state index in [0.29, 0.717) is 31.7 Å². The summed E-state index contributed by atoms with van der Waals surface area (Å²) in [6, 6.07) is 26.4. The van der Waals surface area contributed by atoms with Gasteiger partial charge >= 0.3 is 0 Å². The summed E-state index contributed by atoms with van der Waals surface area (Å²) in [5.41, 5.74) is 6.04. The van der Waals surface area contributed by atoms with Crippen LogP contribution in [0.1, 0.15) is 11.3 Å². The molecule has 8 heteroatoms. The van der Waals surface area contributed by atoms with Crippen LogP contribution in [0.4, 0.5) is 0 Å². The smallest absolute Gasteiger partial charge is 0.0858 e. The van der Waals surface area contributed by atoms with E-state index < -0.39 is 12.2 Å². The largest absolute Gasteiger partial charge is 0.390 e. The normalized spacial score (nSPS) is 13.1. The van der Waals surface area contributed by atoms with E-state index in [2.05, 4.69) is 39.6 Å². The van der Waals surface area contributed by atoms with Crippen molar-refractivity contribution in [1.82, 2.24) is 20.0 Å². The lowest BCUT2D eigenvalue weighted by Gasteiger charge is -2.13. The molecule has 5 aromatic rings. The van der Waals surface area contributed by atoms with Crippen molar-refractivity contribution in [3.8, 4) is 16.8 Å². The number of ether oxygens (including phenoxy) is 2. The molecule has 38 heavy (non-hydrogen) atoms. The van der Waals surface area contributed by atoms with Gasteiger partial charge in [-0.3, -0.25) is 0 Å². The average molecular weight is 513 g/mol. The van der Waals surface area contributed by atoms with Gasteiger partial charge < -0.3 is 24.7 Å². The first-order valence-electron chi connectivity index (χ1n) is 12.8. The predicted octanol–water partition coefficient (Wildman–Crippen LogP) is 3.96. The third-order valence-electron chi connectivity index (χ3n) is 6.31. The summed E-state index contributed by atoms with van der Waals surface area (Å²) in [5.74, 6) is 0. The molecule has 2 atom stereocenters. The summed E-state index contributed by atoms with van der Waals surface area (Å²) in [5, 5.41) is 30.1. The molecule has 0 radical (unpaired) electrons. The maximum Gasteiger partial charge on any atom is 0.0858 e. The minimum Gasteiger partial charge on any atom is -0.390 e. The Balaban J connectivity index is 0.965. The summed E-state index contributed by atoms with van der Waals surface area (Å²) in [6.45, 7) is 1.07. The molecular formula is C30H32N4O4. The highest BCUT2D eigenvalue weighted by atomic mass is 16.5. The van der Waals surface area contributed by atoms with Crippen LogP contribution < -0.4 is 0 Å². The van der Waals surface area contributed by atoms with Crippen molar-refractivity contribution in [3.05, 3.63) is 103 Å². The number of hydrogen-bond acceptors (Lipinski definition) is 6. The molecule has 0 spiro atoms. The van der Waals surface area contributed by atoms with Crippen molar-refractivity contribution in [1.29, 1.82) is 0 Å². The Morgan fingerprint density at radius 1 is 0.789 bits per heavy atom. The molecule has 0 aliphatic rings. The Morgan fingerprint density at radius 2 is 1.50 bits per heavy atom. The zero-order valence-corrected chi connectivity index (χ0v) is 21.1. The summed E-state index contributed by atoms with van der Waals surface area (Å²) in [6.07, 6.45) is 3.29. The SMILES string of the molecule is O[C@H](COCCOC[C@@H](O)Cc1cn(-c2ccc3[nH]ccc3c2)nn1)Cc1ccc(-c2ccccc2)cc1. The Labute approximate surface area is 221 Å². The maximum absolute atomic E-state index is 10.3. The molecule has 2 aromatic heterocycles. The molecule has 0 unspecified atom stereocenters. The topological polar surface area (TPSA) is 105 Å². The molecule has 5 rings (SSSR count). The number of aromatic nitrogens is 4. The molecule has 0 fully saturated rings. The highest BCUT2D eigenvalue weighted by Gasteiger charge is 2.11. The molecule has 3 N–H and O–H groups in total. The van der Waals surface area contributed by atoms with Gasteiger partial charge in [0.05, 0.1) is 56.2 Å². The van der Waals surface area contributed by atoms with E-state index in [9.17, 15) is 10.2 Å². The van der Waals surface area contributed by atoms with Crippen LogP contribution in [0.15, 0.2) is 91.3 Å². The molecule has 3 aromatic carbocycles. The molecule has 8 nitrogen and oxygen atoms in total. The third kappa shape index (κ3) is 6.93. The zero-order chi connectivity index (χ0) is 26.2. The lowest BCUT2D eigenvalue weighted by molar-refractivity contribution is -0.0165. The fraction of sp³-hybridized carbons (Fsp3) is 0.267. The van der Waals surface area contributed by atoms with E-state index in [-0.39, 0.29) is 13.2 Å². The molecule has 0 bridgehead atoms. The number of nitrogens with one attached hydrogen (secondary N) is 1. The second-order valence-electron chi connectivity index (χ2n) is 9.33. The van der Waals surface area contributed by atoms with E-state index >= 15 is 0 Å². The van der Waals surface area contributed by atoms with Gasteiger partial charge in [0.1, 0.15) is 0 Å². The molecule has 2 heterocycles. The molecule has 0 saturated heterocycles. The van der Waals surface area contributed by atoms with E-state index in [4.69, 9.17) is 9.47 Å². The lowest BCUT2D eigenvalue weighted by atomic mass is 10.0. The molecule has 196 valence electrons. The van der Waals surface area contributed by atoms with Crippen molar-refractivity contribution in [2.75, 3.05) is 26.4 Å². The van der Waals surface area contributed by atoms with Crippen LogP contribution in [0.2, 0.25) is 0 Å². The second-order valence-corrected chi connectivity index (χ2v) is 9.33. The van der Waals surface area contributed by atoms with E-state index in [1.807, 2.05) is 67.0 Å². The summed E-state index contributed by atoms with van der Waals surface area (Å²) in [4.78, 5) is 3.17. The number of aromatic amines is 1. The number of hydrogen-bond donors (Lipinski definition) is 3. The maximum atomic E-state index is 10.3. The first-order valence-corrected chi connectivity index (χ1v) is 12.8. The number of aliphatic hydroxyl groups is 2. The van der Waals surface area contributed by atoms with Gasteiger partial charge in [0.2, 0.25) is 0 Å². The van der Waals surface area contributed by atoms with Crippen LogP contribution in [-0.4, -0.2) is 68.8 Å². The van der Waals surface area contributed by atoms with Crippen LogP contribution >= 0.6 is 0 Å². The number of fused-ring (bicyclic) bond motifs is 1. The van der Waals surface area contributed by atoms with Gasteiger partial charge in [-0.25, -0.2) is 4.68 Å². The number of aliphatic hydroxyl groups excluding tert-OH is 2. The van der Waals surface area contributed by atoms with Crippen molar-refractivity contribution in [3.63, 3.8) is 0 Å². The summed E-state index contributed by atoms with van der Waals surface area (Å²) >= 11 is 0. The number of benzene rings is 3. The zero-order valence-electron chi connectivity index (χ0n) is 21.1.